The molecule has 1 aromatic carbocycles. The fraction of sp³-hybridized carbons (Fsp3) is 0.667. The van der Waals surface area contributed by atoms with E-state index in [9.17, 15) is 0 Å². The molecule has 0 radical (unpaired) electrons. The molecule has 2 aliphatic carbocycles. The lowest BCUT2D eigenvalue weighted by atomic mass is 9.64. The van der Waals surface area contributed by atoms with Crippen LogP contribution in [0.1, 0.15) is 45.1 Å². The van der Waals surface area contributed by atoms with Gasteiger partial charge in [-0.1, -0.05) is 26.0 Å². The van der Waals surface area contributed by atoms with Gasteiger partial charge in [-0.15, -0.1) is 0 Å². The van der Waals surface area contributed by atoms with Crippen LogP contribution >= 0.6 is 0 Å². The van der Waals surface area contributed by atoms with E-state index in [-0.39, 0.29) is 10.8 Å². The van der Waals surface area contributed by atoms with Gasteiger partial charge in [-0.2, -0.15) is 4.89 Å². The molecule has 0 amide bonds. The second-order valence-corrected chi connectivity index (χ2v) is 7.52. The number of rotatable bonds is 5. The molecule has 0 spiro atoms. The van der Waals surface area contributed by atoms with Crippen LogP contribution in [0, 0.1) is 10.8 Å². The van der Waals surface area contributed by atoms with E-state index >= 15 is 0 Å². The third-order valence-electron chi connectivity index (χ3n) is 6.18. The second kappa shape index (κ2) is 4.25. The zero-order valence-corrected chi connectivity index (χ0v) is 13.8. The lowest BCUT2D eigenvalue weighted by Crippen LogP contribution is -2.73. The Morgan fingerprint density at radius 1 is 0.955 bits per heavy atom. The van der Waals surface area contributed by atoms with Crippen LogP contribution in [0.15, 0.2) is 24.3 Å². The monoisotopic (exact) mass is 304 g/mol. The molecule has 1 saturated heterocycles. The lowest BCUT2D eigenvalue weighted by molar-refractivity contribution is -0.642. The fourth-order valence-electron chi connectivity index (χ4n) is 4.38. The minimum atomic E-state index is -0.849. The van der Waals surface area contributed by atoms with Gasteiger partial charge in [0.25, 0.3) is 5.79 Å². The Morgan fingerprint density at radius 3 is 2.00 bits per heavy atom. The molecule has 120 valence electrons. The van der Waals surface area contributed by atoms with Crippen LogP contribution in [0.25, 0.3) is 0 Å². The summed E-state index contributed by atoms with van der Waals surface area (Å²) in [6, 6.07) is 7.95. The zero-order valence-electron chi connectivity index (χ0n) is 13.8. The normalized spacial score (nSPS) is 32.9. The SMILES string of the molecule is COc1cccc(C2(OC)OOC2(C2(C)CC2)C2(C)CC2)c1. The molecular formula is C18H24O4. The molecule has 3 aliphatic rings. The predicted molar refractivity (Wildman–Crippen MR) is 81.3 cm³/mol. The maximum Gasteiger partial charge on any atom is 0.261 e. The summed E-state index contributed by atoms with van der Waals surface area (Å²) in [5.74, 6) is -0.0434. The van der Waals surface area contributed by atoms with Gasteiger partial charge in [0.2, 0.25) is 0 Å². The van der Waals surface area contributed by atoms with Crippen LogP contribution < -0.4 is 4.74 Å². The number of hydrogen-bond donors (Lipinski definition) is 0. The fourth-order valence-corrected chi connectivity index (χ4v) is 4.38. The smallest absolute Gasteiger partial charge is 0.261 e. The first-order valence-corrected chi connectivity index (χ1v) is 8.04. The van der Waals surface area contributed by atoms with E-state index in [1.165, 1.54) is 0 Å². The first-order chi connectivity index (χ1) is 10.5. The van der Waals surface area contributed by atoms with Crippen molar-refractivity contribution in [1.82, 2.24) is 0 Å². The molecule has 1 heterocycles. The minimum absolute atomic E-state index is 0.107. The van der Waals surface area contributed by atoms with Crippen LogP contribution in [-0.2, 0) is 20.3 Å². The molecule has 1 aromatic rings. The van der Waals surface area contributed by atoms with Crippen molar-refractivity contribution in [1.29, 1.82) is 0 Å². The third-order valence-corrected chi connectivity index (χ3v) is 6.18. The molecule has 0 aromatic heterocycles. The van der Waals surface area contributed by atoms with E-state index in [1.54, 1.807) is 14.2 Å². The Hall–Kier alpha value is -1.10. The van der Waals surface area contributed by atoms with E-state index in [0.717, 1.165) is 37.0 Å². The third kappa shape index (κ3) is 1.48. The first kappa shape index (κ1) is 14.5. The van der Waals surface area contributed by atoms with Gasteiger partial charge in [0.05, 0.1) is 7.11 Å². The van der Waals surface area contributed by atoms with Crippen molar-refractivity contribution in [3.8, 4) is 5.75 Å². The van der Waals surface area contributed by atoms with Gasteiger partial charge in [-0.05, 0) is 37.8 Å². The number of hydrogen-bond acceptors (Lipinski definition) is 4. The molecular weight excluding hydrogens is 280 g/mol. The molecule has 2 saturated carbocycles. The van der Waals surface area contributed by atoms with Crippen molar-refractivity contribution in [2.75, 3.05) is 14.2 Å². The summed E-state index contributed by atoms with van der Waals surface area (Å²) in [4.78, 5) is 11.7. The largest absolute Gasteiger partial charge is 0.497 e. The topological polar surface area (TPSA) is 36.9 Å². The Labute approximate surface area is 131 Å². The lowest BCUT2D eigenvalue weighted by Gasteiger charge is -2.61. The summed E-state index contributed by atoms with van der Waals surface area (Å²) in [6.45, 7) is 4.60. The zero-order chi connectivity index (χ0) is 15.6. The average molecular weight is 304 g/mol. The summed E-state index contributed by atoms with van der Waals surface area (Å²) in [5.41, 5.74) is 0.765. The number of benzene rings is 1. The van der Waals surface area contributed by atoms with Crippen LogP contribution in [-0.4, -0.2) is 19.8 Å². The summed E-state index contributed by atoms with van der Waals surface area (Å²) in [6.07, 6.45) is 4.62. The molecule has 3 fully saturated rings. The highest BCUT2D eigenvalue weighted by Crippen LogP contribution is 2.78. The molecule has 22 heavy (non-hydrogen) atoms. The standard InChI is InChI=1S/C18H24O4/c1-15(8-9-15)18(16(2)10-11-16)17(20-4,21-22-18)13-6-5-7-14(12-13)19-3/h5-7,12H,8-11H2,1-4H3. The van der Waals surface area contributed by atoms with Crippen molar-refractivity contribution in [3.05, 3.63) is 29.8 Å². The molecule has 1 aliphatic heterocycles. The Bertz CT molecular complexity index is 581. The summed E-state index contributed by atoms with van der Waals surface area (Å²) >= 11 is 0. The predicted octanol–water partition coefficient (Wildman–Crippen LogP) is 3.80. The molecule has 4 rings (SSSR count). The van der Waals surface area contributed by atoms with Gasteiger partial charge in [0.15, 0.2) is 5.60 Å². The van der Waals surface area contributed by atoms with Crippen molar-refractivity contribution < 1.29 is 19.2 Å². The second-order valence-electron chi connectivity index (χ2n) is 7.52. The van der Waals surface area contributed by atoms with Crippen molar-refractivity contribution in [2.45, 2.75) is 50.9 Å². The van der Waals surface area contributed by atoms with E-state index in [1.807, 2.05) is 24.3 Å². The highest BCUT2D eigenvalue weighted by Gasteiger charge is 2.85. The summed E-state index contributed by atoms with van der Waals surface area (Å²) in [5, 5.41) is 0. The molecule has 1 atom stereocenters. The van der Waals surface area contributed by atoms with Crippen LogP contribution in [0.2, 0.25) is 0 Å². The van der Waals surface area contributed by atoms with Crippen LogP contribution in [0.3, 0.4) is 0 Å². The van der Waals surface area contributed by atoms with Gasteiger partial charge in [-0.25, -0.2) is 4.89 Å². The highest BCUT2D eigenvalue weighted by molar-refractivity contribution is 5.38. The Balaban J connectivity index is 1.86. The molecule has 0 bridgehead atoms. The Kier molecular flexibility index (Phi) is 2.80. The van der Waals surface area contributed by atoms with E-state index in [2.05, 4.69) is 13.8 Å². The molecule has 1 unspecified atom stereocenters. The van der Waals surface area contributed by atoms with Gasteiger partial charge in [-0.3, -0.25) is 0 Å². The van der Waals surface area contributed by atoms with E-state index < -0.39 is 11.4 Å². The number of ether oxygens (including phenoxy) is 2. The number of methoxy groups -OCH3 is 2. The van der Waals surface area contributed by atoms with Crippen LogP contribution in [0.5, 0.6) is 5.75 Å². The van der Waals surface area contributed by atoms with Gasteiger partial charge in [0.1, 0.15) is 5.75 Å². The van der Waals surface area contributed by atoms with E-state index in [0.29, 0.717) is 0 Å². The molecule has 4 heteroatoms. The quantitative estimate of drug-likeness (QED) is 0.775. The first-order valence-electron chi connectivity index (χ1n) is 8.04. The Morgan fingerprint density at radius 2 is 1.59 bits per heavy atom. The molecule has 0 N–H and O–H groups in total. The summed E-state index contributed by atoms with van der Waals surface area (Å²) in [7, 11) is 3.39. The maximum atomic E-state index is 6.01. The minimum Gasteiger partial charge on any atom is -0.497 e. The van der Waals surface area contributed by atoms with Crippen molar-refractivity contribution >= 4 is 0 Å². The van der Waals surface area contributed by atoms with Gasteiger partial charge < -0.3 is 9.47 Å². The average Bonchev–Trinajstić information content (AvgIpc) is 3.41. The molecule has 4 nitrogen and oxygen atoms in total. The van der Waals surface area contributed by atoms with Gasteiger partial charge >= 0.3 is 0 Å². The summed E-state index contributed by atoms with van der Waals surface area (Å²) < 4.78 is 11.4. The van der Waals surface area contributed by atoms with Crippen LogP contribution in [0.4, 0.5) is 0 Å². The van der Waals surface area contributed by atoms with Crippen molar-refractivity contribution in [3.63, 3.8) is 0 Å². The van der Waals surface area contributed by atoms with Gasteiger partial charge in [0, 0.05) is 23.5 Å². The highest BCUT2D eigenvalue weighted by atomic mass is 17.3. The van der Waals surface area contributed by atoms with Crippen molar-refractivity contribution in [2.24, 2.45) is 10.8 Å². The maximum absolute atomic E-state index is 6.01. The van der Waals surface area contributed by atoms with E-state index in [4.69, 9.17) is 19.2 Å².